The first-order chi connectivity index (χ1) is 9.15. The number of nitrogens with zero attached hydrogens (tertiary/aromatic N) is 1. The summed E-state index contributed by atoms with van der Waals surface area (Å²) in [6, 6.07) is 7.55. The number of nitrogens with one attached hydrogen (secondary N) is 1. The molecule has 0 aliphatic rings. The molecule has 1 aromatic carbocycles. The summed E-state index contributed by atoms with van der Waals surface area (Å²) in [7, 11) is 1.90. The molecule has 0 aliphatic heterocycles. The summed E-state index contributed by atoms with van der Waals surface area (Å²) in [4.78, 5) is 13.7. The van der Waals surface area contributed by atoms with Crippen LogP contribution in [-0.4, -0.2) is 44.2 Å². The van der Waals surface area contributed by atoms with E-state index >= 15 is 0 Å². The third kappa shape index (κ3) is 6.33. The minimum absolute atomic E-state index is 0.0282. The average Bonchev–Trinajstić information content (AvgIpc) is 2.39. The van der Waals surface area contributed by atoms with E-state index < -0.39 is 0 Å². The fourth-order valence-corrected chi connectivity index (χ4v) is 1.61. The number of likely N-dealkylation sites (N-methyl/N-ethyl adjacent to an activating group) is 1. The SMILES string of the molecule is CCOCCN(C)CC(=O)Nc1ccc(CN)cc1. The quantitative estimate of drug-likeness (QED) is 0.690. The summed E-state index contributed by atoms with van der Waals surface area (Å²) in [5.41, 5.74) is 7.36. The van der Waals surface area contributed by atoms with Crippen LogP contribution in [0.25, 0.3) is 0 Å². The van der Waals surface area contributed by atoms with E-state index in [9.17, 15) is 4.79 Å². The first kappa shape index (κ1) is 15.6. The van der Waals surface area contributed by atoms with Crippen LogP contribution in [0.1, 0.15) is 12.5 Å². The molecule has 0 fully saturated rings. The maximum Gasteiger partial charge on any atom is 0.238 e. The van der Waals surface area contributed by atoms with Crippen LogP contribution in [0.2, 0.25) is 0 Å². The van der Waals surface area contributed by atoms with Gasteiger partial charge in [-0.2, -0.15) is 0 Å². The normalized spacial score (nSPS) is 10.7. The maximum atomic E-state index is 11.8. The third-order valence-corrected chi connectivity index (χ3v) is 2.71. The monoisotopic (exact) mass is 265 g/mol. The van der Waals surface area contributed by atoms with E-state index in [0.717, 1.165) is 17.8 Å². The van der Waals surface area contributed by atoms with Crippen LogP contribution in [-0.2, 0) is 16.1 Å². The van der Waals surface area contributed by atoms with Gasteiger partial charge in [-0.1, -0.05) is 12.1 Å². The molecule has 0 saturated heterocycles. The van der Waals surface area contributed by atoms with Crippen molar-refractivity contribution >= 4 is 11.6 Å². The molecule has 1 aromatic rings. The predicted molar refractivity (Wildman–Crippen MR) is 77.0 cm³/mol. The summed E-state index contributed by atoms with van der Waals surface area (Å²) in [5, 5.41) is 2.85. The Morgan fingerprint density at radius 3 is 2.63 bits per heavy atom. The standard InChI is InChI=1S/C14H23N3O2/c1-3-19-9-8-17(2)11-14(18)16-13-6-4-12(10-15)5-7-13/h4-7H,3,8-11,15H2,1-2H3,(H,16,18). The minimum Gasteiger partial charge on any atom is -0.380 e. The Balaban J connectivity index is 2.33. The molecule has 3 N–H and O–H groups in total. The summed E-state index contributed by atoms with van der Waals surface area (Å²) in [6.45, 7) is 4.91. The Bertz CT molecular complexity index is 379. The van der Waals surface area contributed by atoms with Gasteiger partial charge in [-0.15, -0.1) is 0 Å². The minimum atomic E-state index is -0.0282. The van der Waals surface area contributed by atoms with Crippen molar-refractivity contribution in [3.8, 4) is 0 Å². The summed E-state index contributed by atoms with van der Waals surface area (Å²) >= 11 is 0. The van der Waals surface area contributed by atoms with E-state index in [1.165, 1.54) is 0 Å². The van der Waals surface area contributed by atoms with Crippen molar-refractivity contribution in [2.75, 3.05) is 38.7 Å². The molecule has 1 amide bonds. The van der Waals surface area contributed by atoms with E-state index in [4.69, 9.17) is 10.5 Å². The van der Waals surface area contributed by atoms with Crippen LogP contribution >= 0.6 is 0 Å². The highest BCUT2D eigenvalue weighted by atomic mass is 16.5. The smallest absolute Gasteiger partial charge is 0.238 e. The molecular weight excluding hydrogens is 242 g/mol. The van der Waals surface area contributed by atoms with Crippen LogP contribution in [0, 0.1) is 0 Å². The highest BCUT2D eigenvalue weighted by Gasteiger charge is 2.06. The lowest BCUT2D eigenvalue weighted by Gasteiger charge is -2.16. The number of hydrogen-bond donors (Lipinski definition) is 2. The number of rotatable bonds is 8. The molecule has 0 bridgehead atoms. The number of carbonyl (C=O) groups is 1. The molecule has 0 unspecified atom stereocenters. The van der Waals surface area contributed by atoms with Gasteiger partial charge >= 0.3 is 0 Å². The van der Waals surface area contributed by atoms with Crippen molar-refractivity contribution in [2.24, 2.45) is 5.73 Å². The van der Waals surface area contributed by atoms with Crippen molar-refractivity contribution in [2.45, 2.75) is 13.5 Å². The zero-order chi connectivity index (χ0) is 14.1. The summed E-state index contributed by atoms with van der Waals surface area (Å²) in [6.07, 6.45) is 0. The lowest BCUT2D eigenvalue weighted by atomic mass is 10.2. The molecule has 0 aromatic heterocycles. The zero-order valence-electron chi connectivity index (χ0n) is 11.7. The van der Waals surface area contributed by atoms with E-state index in [0.29, 0.717) is 26.3 Å². The van der Waals surface area contributed by atoms with Crippen LogP contribution in [0.5, 0.6) is 0 Å². The number of ether oxygens (including phenoxy) is 1. The van der Waals surface area contributed by atoms with Gasteiger partial charge in [0, 0.05) is 25.4 Å². The number of benzene rings is 1. The van der Waals surface area contributed by atoms with E-state index in [1.807, 2.05) is 43.1 Å². The van der Waals surface area contributed by atoms with Gasteiger partial charge < -0.3 is 15.8 Å². The van der Waals surface area contributed by atoms with Crippen molar-refractivity contribution < 1.29 is 9.53 Å². The van der Waals surface area contributed by atoms with Gasteiger partial charge in [0.05, 0.1) is 13.2 Å². The topological polar surface area (TPSA) is 67.6 Å². The molecular formula is C14H23N3O2. The first-order valence-electron chi connectivity index (χ1n) is 6.50. The molecule has 5 nitrogen and oxygen atoms in total. The lowest BCUT2D eigenvalue weighted by Crippen LogP contribution is -2.32. The number of nitrogens with two attached hydrogens (primary N) is 1. The van der Waals surface area contributed by atoms with Gasteiger partial charge in [0.25, 0.3) is 0 Å². The Morgan fingerprint density at radius 1 is 1.37 bits per heavy atom. The van der Waals surface area contributed by atoms with Crippen molar-refractivity contribution in [3.05, 3.63) is 29.8 Å². The van der Waals surface area contributed by atoms with E-state index in [1.54, 1.807) is 0 Å². The predicted octanol–water partition coefficient (Wildman–Crippen LogP) is 1.05. The van der Waals surface area contributed by atoms with Crippen LogP contribution < -0.4 is 11.1 Å². The largest absolute Gasteiger partial charge is 0.380 e. The molecule has 0 radical (unpaired) electrons. The molecule has 0 saturated carbocycles. The number of anilines is 1. The lowest BCUT2D eigenvalue weighted by molar-refractivity contribution is -0.117. The molecule has 106 valence electrons. The molecule has 1 rings (SSSR count). The van der Waals surface area contributed by atoms with Gasteiger partial charge in [0.1, 0.15) is 0 Å². The van der Waals surface area contributed by atoms with Gasteiger partial charge in [-0.05, 0) is 31.7 Å². The highest BCUT2D eigenvalue weighted by Crippen LogP contribution is 2.08. The van der Waals surface area contributed by atoms with Crippen LogP contribution in [0.15, 0.2) is 24.3 Å². The molecule has 5 heteroatoms. The summed E-state index contributed by atoms with van der Waals surface area (Å²) < 4.78 is 5.24. The second-order valence-electron chi connectivity index (χ2n) is 4.38. The fourth-order valence-electron chi connectivity index (χ4n) is 1.61. The van der Waals surface area contributed by atoms with Crippen molar-refractivity contribution in [3.63, 3.8) is 0 Å². The second-order valence-corrected chi connectivity index (χ2v) is 4.38. The van der Waals surface area contributed by atoms with Gasteiger partial charge in [0.15, 0.2) is 0 Å². The molecule has 19 heavy (non-hydrogen) atoms. The Hall–Kier alpha value is -1.43. The number of amides is 1. The number of hydrogen-bond acceptors (Lipinski definition) is 4. The third-order valence-electron chi connectivity index (χ3n) is 2.71. The van der Waals surface area contributed by atoms with Gasteiger partial charge in [-0.3, -0.25) is 9.69 Å². The average molecular weight is 265 g/mol. The zero-order valence-corrected chi connectivity index (χ0v) is 11.7. The van der Waals surface area contributed by atoms with Gasteiger partial charge in [-0.25, -0.2) is 0 Å². The molecule has 0 heterocycles. The molecule has 0 atom stereocenters. The Labute approximate surface area is 114 Å². The van der Waals surface area contributed by atoms with Crippen molar-refractivity contribution in [1.29, 1.82) is 0 Å². The molecule has 0 aliphatic carbocycles. The van der Waals surface area contributed by atoms with E-state index in [2.05, 4.69) is 5.32 Å². The second kappa shape index (κ2) is 8.63. The van der Waals surface area contributed by atoms with Gasteiger partial charge in [0.2, 0.25) is 5.91 Å². The fraction of sp³-hybridized carbons (Fsp3) is 0.500. The highest BCUT2D eigenvalue weighted by molar-refractivity contribution is 5.92. The Morgan fingerprint density at radius 2 is 2.05 bits per heavy atom. The Kier molecular flexibility index (Phi) is 7.10. The number of carbonyl (C=O) groups excluding carboxylic acids is 1. The maximum absolute atomic E-state index is 11.8. The van der Waals surface area contributed by atoms with E-state index in [-0.39, 0.29) is 5.91 Å². The summed E-state index contributed by atoms with van der Waals surface area (Å²) in [5.74, 6) is -0.0282. The van der Waals surface area contributed by atoms with Crippen LogP contribution in [0.4, 0.5) is 5.69 Å². The first-order valence-corrected chi connectivity index (χ1v) is 6.50. The van der Waals surface area contributed by atoms with Crippen molar-refractivity contribution in [1.82, 2.24) is 4.90 Å². The molecule has 0 spiro atoms. The van der Waals surface area contributed by atoms with Crippen LogP contribution in [0.3, 0.4) is 0 Å².